The fourth-order valence-electron chi connectivity index (χ4n) is 4.05. The molecule has 4 rings (SSSR count). The van der Waals surface area contributed by atoms with Gasteiger partial charge in [0.05, 0.1) is 16.9 Å². The zero-order valence-corrected chi connectivity index (χ0v) is 17.6. The Morgan fingerprint density at radius 2 is 2.10 bits per heavy atom. The van der Waals surface area contributed by atoms with E-state index < -0.39 is 0 Å². The molecule has 0 bridgehead atoms. The van der Waals surface area contributed by atoms with Crippen LogP contribution in [-0.4, -0.2) is 61.4 Å². The van der Waals surface area contributed by atoms with Crippen LogP contribution in [0.15, 0.2) is 30.5 Å². The largest absolute Gasteiger partial charge is 0.368 e. The number of nitrogens with zero attached hydrogens (tertiary/aromatic N) is 7. The van der Waals surface area contributed by atoms with Gasteiger partial charge in [0.1, 0.15) is 5.82 Å². The summed E-state index contributed by atoms with van der Waals surface area (Å²) < 4.78 is 15.2. The number of tetrazole rings is 1. The highest BCUT2D eigenvalue weighted by Crippen LogP contribution is 2.34. The summed E-state index contributed by atoms with van der Waals surface area (Å²) in [6.45, 7) is 9.61. The maximum absolute atomic E-state index is 15.2. The van der Waals surface area contributed by atoms with E-state index in [4.69, 9.17) is 0 Å². The van der Waals surface area contributed by atoms with Crippen LogP contribution in [0.25, 0.3) is 11.4 Å². The van der Waals surface area contributed by atoms with Crippen LogP contribution in [0, 0.1) is 11.7 Å². The minimum Gasteiger partial charge on any atom is -0.368 e. The van der Waals surface area contributed by atoms with E-state index in [9.17, 15) is 0 Å². The summed E-state index contributed by atoms with van der Waals surface area (Å²) >= 11 is 0. The second-order valence-corrected chi connectivity index (χ2v) is 8.29. The summed E-state index contributed by atoms with van der Waals surface area (Å²) in [7, 11) is 0. The predicted molar refractivity (Wildman–Crippen MR) is 112 cm³/mol. The third-order valence-electron chi connectivity index (χ3n) is 5.44. The quantitative estimate of drug-likeness (QED) is 0.669. The molecule has 1 aliphatic heterocycles. The number of aromatic amines is 1. The number of H-pyrrole nitrogens is 1. The third-order valence-corrected chi connectivity index (χ3v) is 5.44. The molecule has 158 valence electrons. The Morgan fingerprint density at radius 3 is 2.77 bits per heavy atom. The van der Waals surface area contributed by atoms with Gasteiger partial charge in [0.2, 0.25) is 5.82 Å². The van der Waals surface area contributed by atoms with Crippen LogP contribution in [0.3, 0.4) is 0 Å². The van der Waals surface area contributed by atoms with Crippen LogP contribution in [0.1, 0.15) is 32.0 Å². The van der Waals surface area contributed by atoms with Gasteiger partial charge >= 0.3 is 0 Å². The molecule has 0 aliphatic carbocycles. The van der Waals surface area contributed by atoms with Crippen molar-refractivity contribution in [3.05, 3.63) is 47.5 Å². The Labute approximate surface area is 175 Å². The van der Waals surface area contributed by atoms with Crippen molar-refractivity contribution in [3.8, 4) is 11.4 Å². The fourth-order valence-corrected chi connectivity index (χ4v) is 4.05. The molecule has 3 aromatic rings. The molecule has 0 amide bonds. The highest BCUT2D eigenvalue weighted by atomic mass is 19.1. The SMILES string of the molecule is CC(C)Cc1cc(F)c(-c2nn[nH]n2)c(N2CCN(Cc3cccnn3)[C@@H](C)C2)c1. The molecule has 1 saturated heterocycles. The maximum Gasteiger partial charge on any atom is 0.209 e. The average Bonchev–Trinajstić information content (AvgIpc) is 3.23. The van der Waals surface area contributed by atoms with Crippen LogP contribution in [-0.2, 0) is 13.0 Å². The Balaban J connectivity index is 1.60. The summed E-state index contributed by atoms with van der Waals surface area (Å²) in [5.41, 5.74) is 3.18. The minimum absolute atomic E-state index is 0.274. The summed E-state index contributed by atoms with van der Waals surface area (Å²) in [5.74, 6) is 0.420. The number of rotatable bonds is 6. The zero-order valence-electron chi connectivity index (χ0n) is 17.6. The number of benzene rings is 1. The molecule has 3 heterocycles. The fraction of sp³-hybridized carbons (Fsp3) is 0.476. The second-order valence-electron chi connectivity index (χ2n) is 8.29. The number of piperazine rings is 1. The van der Waals surface area contributed by atoms with Crippen LogP contribution < -0.4 is 4.90 Å². The van der Waals surface area contributed by atoms with Gasteiger partial charge in [0, 0.05) is 38.4 Å². The highest BCUT2D eigenvalue weighted by Gasteiger charge is 2.28. The van der Waals surface area contributed by atoms with Gasteiger partial charge < -0.3 is 4.90 Å². The molecule has 1 N–H and O–H groups in total. The van der Waals surface area contributed by atoms with Gasteiger partial charge in [-0.2, -0.15) is 15.4 Å². The lowest BCUT2D eigenvalue weighted by atomic mass is 9.98. The summed E-state index contributed by atoms with van der Waals surface area (Å²) in [4.78, 5) is 4.61. The number of anilines is 1. The molecule has 1 atom stereocenters. The Kier molecular flexibility index (Phi) is 5.98. The van der Waals surface area contributed by atoms with E-state index in [1.54, 1.807) is 12.3 Å². The maximum atomic E-state index is 15.2. The first-order chi connectivity index (χ1) is 14.5. The molecule has 30 heavy (non-hydrogen) atoms. The molecular formula is C21H27FN8. The molecule has 2 aromatic heterocycles. The number of halogens is 1. The van der Waals surface area contributed by atoms with Crippen molar-refractivity contribution in [2.75, 3.05) is 24.5 Å². The van der Waals surface area contributed by atoms with Crippen LogP contribution in [0.2, 0.25) is 0 Å². The lowest BCUT2D eigenvalue weighted by Crippen LogP contribution is -2.51. The van der Waals surface area contributed by atoms with E-state index >= 15 is 4.39 Å². The number of hydrogen-bond donors (Lipinski definition) is 1. The van der Waals surface area contributed by atoms with E-state index in [0.29, 0.717) is 11.5 Å². The molecule has 1 fully saturated rings. The van der Waals surface area contributed by atoms with Gasteiger partial charge in [-0.1, -0.05) is 13.8 Å². The number of hydrogen-bond acceptors (Lipinski definition) is 7. The molecular weight excluding hydrogens is 383 g/mol. The molecule has 0 unspecified atom stereocenters. The normalized spacial score (nSPS) is 17.6. The van der Waals surface area contributed by atoms with Gasteiger partial charge in [-0.3, -0.25) is 4.90 Å². The van der Waals surface area contributed by atoms with E-state index in [1.165, 1.54) is 0 Å². The number of aromatic nitrogens is 6. The summed E-state index contributed by atoms with van der Waals surface area (Å²) in [6.07, 6.45) is 2.50. The van der Waals surface area contributed by atoms with Crippen molar-refractivity contribution in [2.24, 2.45) is 5.92 Å². The van der Waals surface area contributed by atoms with Gasteiger partial charge in [-0.15, -0.1) is 10.2 Å². The van der Waals surface area contributed by atoms with Gasteiger partial charge in [-0.05, 0) is 54.3 Å². The van der Waals surface area contributed by atoms with Crippen molar-refractivity contribution in [1.29, 1.82) is 0 Å². The van der Waals surface area contributed by atoms with Gasteiger partial charge in [0.15, 0.2) is 0 Å². The van der Waals surface area contributed by atoms with E-state index in [0.717, 1.165) is 49.5 Å². The smallest absolute Gasteiger partial charge is 0.209 e. The lowest BCUT2D eigenvalue weighted by molar-refractivity contribution is 0.178. The molecule has 0 radical (unpaired) electrons. The molecule has 1 aliphatic rings. The van der Waals surface area contributed by atoms with E-state index in [-0.39, 0.29) is 17.7 Å². The van der Waals surface area contributed by atoms with Crippen molar-refractivity contribution in [2.45, 2.75) is 39.8 Å². The first-order valence-electron chi connectivity index (χ1n) is 10.3. The third kappa shape index (κ3) is 4.46. The van der Waals surface area contributed by atoms with Crippen molar-refractivity contribution >= 4 is 5.69 Å². The molecule has 8 nitrogen and oxygen atoms in total. The van der Waals surface area contributed by atoms with E-state index in [1.807, 2.05) is 12.1 Å². The predicted octanol–water partition coefficient (Wildman–Crippen LogP) is 2.71. The molecule has 0 saturated carbocycles. The average molecular weight is 411 g/mol. The van der Waals surface area contributed by atoms with E-state index in [2.05, 4.69) is 67.5 Å². The summed E-state index contributed by atoms with van der Waals surface area (Å²) in [6, 6.07) is 7.85. The van der Waals surface area contributed by atoms with Gasteiger partial charge in [0.25, 0.3) is 0 Å². The molecule has 9 heteroatoms. The zero-order chi connectivity index (χ0) is 21.1. The first kappa shape index (κ1) is 20.3. The van der Waals surface area contributed by atoms with Crippen molar-refractivity contribution in [1.82, 2.24) is 35.7 Å². The monoisotopic (exact) mass is 410 g/mol. The second kappa shape index (κ2) is 8.83. The number of nitrogens with one attached hydrogen (secondary N) is 1. The van der Waals surface area contributed by atoms with Crippen LogP contribution in [0.5, 0.6) is 0 Å². The first-order valence-corrected chi connectivity index (χ1v) is 10.3. The minimum atomic E-state index is -0.306. The Bertz CT molecular complexity index is 961. The summed E-state index contributed by atoms with van der Waals surface area (Å²) in [5, 5.41) is 22.3. The Morgan fingerprint density at radius 1 is 1.23 bits per heavy atom. The Hall–Kier alpha value is -2.94. The van der Waals surface area contributed by atoms with Gasteiger partial charge in [-0.25, -0.2) is 4.39 Å². The lowest BCUT2D eigenvalue weighted by Gasteiger charge is -2.41. The standard InChI is InChI=1S/C21H27FN8/c1-14(2)9-16-10-18(22)20(21-25-27-28-26-21)19(11-16)30-8-7-29(15(3)12-30)13-17-5-4-6-23-24-17/h4-6,10-11,14-15H,7-9,12-13H2,1-3H3,(H,25,26,27,28)/t15-/m0/s1. The van der Waals surface area contributed by atoms with Crippen molar-refractivity contribution < 1.29 is 4.39 Å². The molecule has 1 aromatic carbocycles. The van der Waals surface area contributed by atoms with Crippen LogP contribution >= 0.6 is 0 Å². The van der Waals surface area contributed by atoms with Crippen LogP contribution in [0.4, 0.5) is 10.1 Å². The topological polar surface area (TPSA) is 86.7 Å². The molecule has 0 spiro atoms. The highest BCUT2D eigenvalue weighted by molar-refractivity contribution is 5.76. The van der Waals surface area contributed by atoms with Crippen molar-refractivity contribution in [3.63, 3.8) is 0 Å².